The van der Waals surface area contributed by atoms with E-state index in [0.29, 0.717) is 19.8 Å². The Morgan fingerprint density at radius 2 is 1.74 bits per heavy atom. The summed E-state index contributed by atoms with van der Waals surface area (Å²) in [6.07, 6.45) is 1.84. The summed E-state index contributed by atoms with van der Waals surface area (Å²) in [6.45, 7) is 7.02. The van der Waals surface area contributed by atoms with Crippen molar-refractivity contribution in [2.75, 3.05) is 26.4 Å². The number of hydrogen-bond donors (Lipinski definition) is 2. The highest BCUT2D eigenvalue weighted by Gasteiger charge is 2.10. The van der Waals surface area contributed by atoms with E-state index < -0.39 is 18.2 Å². The highest BCUT2D eigenvalue weighted by Crippen LogP contribution is 1.93. The summed E-state index contributed by atoms with van der Waals surface area (Å²) < 4.78 is 15.3. The molecule has 0 aliphatic heterocycles. The van der Waals surface area contributed by atoms with Crippen molar-refractivity contribution in [2.45, 2.75) is 27.1 Å². The lowest BCUT2D eigenvalue weighted by Gasteiger charge is -2.17. The van der Waals surface area contributed by atoms with Crippen molar-refractivity contribution in [3.63, 3.8) is 0 Å². The van der Waals surface area contributed by atoms with E-state index >= 15 is 0 Å². The lowest BCUT2D eigenvalue weighted by atomic mass is 10.5. The first-order valence-electron chi connectivity index (χ1n) is 6.24. The van der Waals surface area contributed by atoms with Crippen LogP contribution >= 0.6 is 0 Å². The van der Waals surface area contributed by atoms with Crippen molar-refractivity contribution in [1.29, 1.82) is 0 Å². The van der Waals surface area contributed by atoms with Gasteiger partial charge in [0.2, 0.25) is 0 Å². The quantitative estimate of drug-likeness (QED) is 0.368. The molecule has 0 aromatic carbocycles. The molecule has 3 amide bonds. The van der Waals surface area contributed by atoms with Gasteiger partial charge in [0.1, 0.15) is 0 Å². The zero-order valence-corrected chi connectivity index (χ0v) is 11.6. The fraction of sp³-hybridized carbons (Fsp3) is 0.667. The van der Waals surface area contributed by atoms with E-state index in [2.05, 4.69) is 10.6 Å². The number of carbonyl (C=O) groups excluding carboxylic acids is 2. The van der Waals surface area contributed by atoms with E-state index in [0.717, 1.165) is 6.08 Å². The standard InChI is InChI=1S/C12H22N2O5/c1-4-17-8-7-10(15)14-12(16)13-9-11(18-5-2)19-6-3/h7-8,11H,4-6,9H2,1-3H3,(H2,13,14,15,16)/b8-7+. The number of urea groups is 1. The Bertz CT molecular complexity index is 288. The number of amides is 3. The molecular formula is C12H22N2O5. The molecule has 0 spiro atoms. The van der Waals surface area contributed by atoms with Crippen LogP contribution in [0.3, 0.4) is 0 Å². The topological polar surface area (TPSA) is 85.9 Å². The van der Waals surface area contributed by atoms with Gasteiger partial charge in [-0.3, -0.25) is 10.1 Å². The fourth-order valence-corrected chi connectivity index (χ4v) is 1.12. The van der Waals surface area contributed by atoms with Gasteiger partial charge in [-0.05, 0) is 20.8 Å². The van der Waals surface area contributed by atoms with Gasteiger partial charge in [-0.25, -0.2) is 4.79 Å². The molecule has 0 saturated carbocycles. The molecule has 0 bridgehead atoms. The normalized spacial score (nSPS) is 10.7. The van der Waals surface area contributed by atoms with Crippen LogP contribution in [-0.4, -0.2) is 44.6 Å². The Hall–Kier alpha value is -1.60. The fourth-order valence-electron chi connectivity index (χ4n) is 1.12. The third kappa shape index (κ3) is 10.0. The highest BCUT2D eigenvalue weighted by molar-refractivity contribution is 6.00. The van der Waals surface area contributed by atoms with Crippen molar-refractivity contribution in [3.8, 4) is 0 Å². The smallest absolute Gasteiger partial charge is 0.321 e. The predicted octanol–water partition coefficient (Wildman–Crippen LogP) is 0.762. The molecule has 0 saturated heterocycles. The van der Waals surface area contributed by atoms with E-state index in [9.17, 15) is 9.59 Å². The predicted molar refractivity (Wildman–Crippen MR) is 69.3 cm³/mol. The van der Waals surface area contributed by atoms with Crippen molar-refractivity contribution >= 4 is 11.9 Å². The van der Waals surface area contributed by atoms with Gasteiger partial charge < -0.3 is 19.5 Å². The third-order valence-corrected chi connectivity index (χ3v) is 1.85. The number of imide groups is 1. The second-order valence-corrected chi connectivity index (χ2v) is 3.30. The van der Waals surface area contributed by atoms with Crippen LogP contribution < -0.4 is 10.6 Å². The van der Waals surface area contributed by atoms with Crippen molar-refractivity contribution in [1.82, 2.24) is 10.6 Å². The van der Waals surface area contributed by atoms with Gasteiger partial charge in [0.15, 0.2) is 6.29 Å². The molecule has 7 heteroatoms. The maximum absolute atomic E-state index is 11.4. The maximum atomic E-state index is 11.4. The Balaban J connectivity index is 3.92. The Labute approximate surface area is 113 Å². The SMILES string of the molecule is CCO/C=C/C(=O)NC(=O)NCC(OCC)OCC. The Morgan fingerprint density at radius 3 is 2.26 bits per heavy atom. The molecule has 0 atom stereocenters. The molecule has 0 radical (unpaired) electrons. The van der Waals surface area contributed by atoms with Crippen LogP contribution in [0.4, 0.5) is 4.79 Å². The maximum Gasteiger partial charge on any atom is 0.321 e. The molecular weight excluding hydrogens is 252 g/mol. The molecule has 0 rings (SSSR count). The van der Waals surface area contributed by atoms with E-state index in [1.54, 1.807) is 6.92 Å². The average molecular weight is 274 g/mol. The van der Waals surface area contributed by atoms with Crippen LogP contribution in [-0.2, 0) is 19.0 Å². The average Bonchev–Trinajstić information content (AvgIpc) is 2.37. The van der Waals surface area contributed by atoms with E-state index in [1.807, 2.05) is 13.8 Å². The van der Waals surface area contributed by atoms with Gasteiger partial charge in [0.05, 0.1) is 19.4 Å². The number of hydrogen-bond acceptors (Lipinski definition) is 5. The van der Waals surface area contributed by atoms with E-state index in [4.69, 9.17) is 14.2 Å². The third-order valence-electron chi connectivity index (χ3n) is 1.85. The van der Waals surface area contributed by atoms with Crippen LogP contribution in [0.25, 0.3) is 0 Å². The first-order valence-corrected chi connectivity index (χ1v) is 6.24. The Morgan fingerprint density at radius 1 is 1.11 bits per heavy atom. The zero-order chi connectivity index (χ0) is 14.5. The van der Waals surface area contributed by atoms with Gasteiger partial charge >= 0.3 is 6.03 Å². The second kappa shape index (κ2) is 11.5. The summed E-state index contributed by atoms with van der Waals surface area (Å²) in [5.74, 6) is -0.560. The summed E-state index contributed by atoms with van der Waals surface area (Å²) in [5, 5.41) is 4.59. The highest BCUT2D eigenvalue weighted by atomic mass is 16.7. The van der Waals surface area contributed by atoms with Gasteiger partial charge in [-0.2, -0.15) is 0 Å². The summed E-state index contributed by atoms with van der Waals surface area (Å²) in [7, 11) is 0. The van der Waals surface area contributed by atoms with Crippen LogP contribution in [0.1, 0.15) is 20.8 Å². The second-order valence-electron chi connectivity index (χ2n) is 3.30. The van der Waals surface area contributed by atoms with E-state index in [1.165, 1.54) is 6.26 Å². The number of rotatable bonds is 9. The van der Waals surface area contributed by atoms with Gasteiger partial charge in [0, 0.05) is 19.3 Å². The molecule has 0 aromatic rings. The lowest BCUT2D eigenvalue weighted by molar-refractivity contribution is -0.131. The lowest BCUT2D eigenvalue weighted by Crippen LogP contribution is -2.43. The molecule has 110 valence electrons. The van der Waals surface area contributed by atoms with Gasteiger partial charge in [-0.1, -0.05) is 0 Å². The molecule has 7 nitrogen and oxygen atoms in total. The minimum Gasteiger partial charge on any atom is -0.501 e. The van der Waals surface area contributed by atoms with Crippen molar-refractivity contribution in [3.05, 3.63) is 12.3 Å². The molecule has 0 unspecified atom stereocenters. The first kappa shape index (κ1) is 17.4. The van der Waals surface area contributed by atoms with Crippen LogP contribution in [0.5, 0.6) is 0 Å². The summed E-state index contributed by atoms with van der Waals surface area (Å²) in [4.78, 5) is 22.6. The molecule has 2 N–H and O–H groups in total. The van der Waals surface area contributed by atoms with E-state index in [-0.39, 0.29) is 6.54 Å². The molecule has 19 heavy (non-hydrogen) atoms. The van der Waals surface area contributed by atoms with Crippen LogP contribution in [0, 0.1) is 0 Å². The first-order chi connectivity index (χ1) is 9.13. The summed E-state index contributed by atoms with van der Waals surface area (Å²) in [5.41, 5.74) is 0. The minimum atomic E-state index is -0.615. The monoisotopic (exact) mass is 274 g/mol. The number of carbonyl (C=O) groups is 2. The summed E-state index contributed by atoms with van der Waals surface area (Å²) in [6, 6.07) is -0.615. The van der Waals surface area contributed by atoms with Gasteiger partial charge in [0.25, 0.3) is 5.91 Å². The summed E-state index contributed by atoms with van der Waals surface area (Å²) >= 11 is 0. The molecule has 0 aliphatic rings. The van der Waals surface area contributed by atoms with Crippen molar-refractivity contribution in [2.24, 2.45) is 0 Å². The molecule has 0 heterocycles. The minimum absolute atomic E-state index is 0.163. The zero-order valence-electron chi connectivity index (χ0n) is 11.6. The van der Waals surface area contributed by atoms with Crippen LogP contribution in [0.2, 0.25) is 0 Å². The molecule has 0 aromatic heterocycles. The molecule has 0 aliphatic carbocycles. The van der Waals surface area contributed by atoms with Crippen LogP contribution in [0.15, 0.2) is 12.3 Å². The van der Waals surface area contributed by atoms with Gasteiger partial charge in [-0.15, -0.1) is 0 Å². The van der Waals surface area contributed by atoms with Crippen molar-refractivity contribution < 1.29 is 23.8 Å². The number of ether oxygens (including phenoxy) is 3. The number of nitrogens with one attached hydrogen (secondary N) is 2. The Kier molecular flexibility index (Phi) is 10.5. The largest absolute Gasteiger partial charge is 0.501 e. The molecule has 0 fully saturated rings.